The van der Waals surface area contributed by atoms with Crippen molar-refractivity contribution in [2.75, 3.05) is 4.90 Å². The lowest BCUT2D eigenvalue weighted by atomic mass is 9.67. The highest BCUT2D eigenvalue weighted by molar-refractivity contribution is 6.13. The standard InChI is InChI=1S/C59H40N2/c1-5-20-42(21-6-1)52-39-53-51-30-16-18-32-56(51)61(46-27-11-4-12-28-46)58(53)40-57(52)60(47-34-33-41-19-13-14-22-43(41)37-47)48-35-36-50-49-29-15-17-31-54(49)59(55(50)38-48,44-23-7-2-8-24-44)45-25-9-3-10-26-45/h1-40H. The zero-order valence-corrected chi connectivity index (χ0v) is 33.5. The van der Waals surface area contributed by atoms with E-state index in [9.17, 15) is 0 Å². The fourth-order valence-corrected chi connectivity index (χ4v) is 10.2. The lowest BCUT2D eigenvalue weighted by Gasteiger charge is -2.35. The Hall–Kier alpha value is -7.94. The van der Waals surface area contributed by atoms with Gasteiger partial charge < -0.3 is 9.47 Å². The number of para-hydroxylation sites is 2. The number of aromatic nitrogens is 1. The van der Waals surface area contributed by atoms with Crippen molar-refractivity contribution >= 4 is 49.6 Å². The molecule has 1 aliphatic carbocycles. The fraction of sp³-hybridized carbons (Fsp3) is 0.0169. The second-order valence-corrected chi connectivity index (χ2v) is 16.1. The molecule has 0 amide bonds. The Bertz CT molecular complexity index is 3360. The van der Waals surface area contributed by atoms with E-state index in [-0.39, 0.29) is 0 Å². The van der Waals surface area contributed by atoms with Crippen molar-refractivity contribution in [1.29, 1.82) is 0 Å². The van der Waals surface area contributed by atoms with E-state index in [4.69, 9.17) is 0 Å². The van der Waals surface area contributed by atoms with E-state index in [0.717, 1.165) is 28.3 Å². The molecule has 0 fully saturated rings. The van der Waals surface area contributed by atoms with Gasteiger partial charge in [-0.25, -0.2) is 0 Å². The second kappa shape index (κ2) is 14.1. The number of rotatable bonds is 7. The van der Waals surface area contributed by atoms with Crippen LogP contribution in [0.1, 0.15) is 22.3 Å². The van der Waals surface area contributed by atoms with Crippen LogP contribution < -0.4 is 4.90 Å². The molecule has 61 heavy (non-hydrogen) atoms. The zero-order valence-electron chi connectivity index (χ0n) is 33.5. The summed E-state index contributed by atoms with van der Waals surface area (Å²) in [7, 11) is 0. The molecule has 0 unspecified atom stereocenters. The Morgan fingerprint density at radius 3 is 1.67 bits per heavy atom. The minimum atomic E-state index is -0.536. The largest absolute Gasteiger partial charge is 0.310 e. The van der Waals surface area contributed by atoms with E-state index in [1.807, 2.05) is 0 Å². The summed E-state index contributed by atoms with van der Waals surface area (Å²) in [6.07, 6.45) is 0. The molecule has 11 aromatic rings. The molecular formula is C59H40N2. The summed E-state index contributed by atoms with van der Waals surface area (Å²) in [5.74, 6) is 0. The predicted octanol–water partition coefficient (Wildman–Crippen LogP) is 15.4. The summed E-state index contributed by atoms with van der Waals surface area (Å²) < 4.78 is 2.43. The molecule has 1 aromatic heterocycles. The highest BCUT2D eigenvalue weighted by atomic mass is 15.1. The molecule has 286 valence electrons. The number of anilines is 3. The molecule has 0 radical (unpaired) electrons. The highest BCUT2D eigenvalue weighted by Crippen LogP contribution is 2.57. The maximum absolute atomic E-state index is 2.51. The Labute approximate surface area is 355 Å². The van der Waals surface area contributed by atoms with Crippen molar-refractivity contribution in [3.05, 3.63) is 265 Å². The van der Waals surface area contributed by atoms with Crippen LogP contribution in [-0.4, -0.2) is 4.57 Å². The Morgan fingerprint density at radius 2 is 0.918 bits per heavy atom. The van der Waals surface area contributed by atoms with Gasteiger partial charge in [-0.3, -0.25) is 0 Å². The molecule has 0 bridgehead atoms. The van der Waals surface area contributed by atoms with Crippen LogP contribution in [0, 0.1) is 0 Å². The molecule has 0 spiro atoms. The average Bonchev–Trinajstić information content (AvgIpc) is 3.82. The van der Waals surface area contributed by atoms with E-state index in [1.54, 1.807) is 0 Å². The number of fused-ring (bicyclic) bond motifs is 7. The first-order valence-corrected chi connectivity index (χ1v) is 21.1. The molecule has 0 saturated carbocycles. The number of hydrogen-bond donors (Lipinski definition) is 0. The molecule has 0 N–H and O–H groups in total. The monoisotopic (exact) mass is 776 g/mol. The lowest BCUT2D eigenvalue weighted by Crippen LogP contribution is -2.28. The van der Waals surface area contributed by atoms with Gasteiger partial charge >= 0.3 is 0 Å². The Morgan fingerprint density at radius 1 is 0.344 bits per heavy atom. The minimum absolute atomic E-state index is 0.536. The van der Waals surface area contributed by atoms with Crippen LogP contribution in [-0.2, 0) is 5.41 Å². The maximum Gasteiger partial charge on any atom is 0.0714 e. The van der Waals surface area contributed by atoms with E-state index in [1.165, 1.54) is 71.6 Å². The molecule has 10 aromatic carbocycles. The summed E-state index contributed by atoms with van der Waals surface area (Å²) in [6.45, 7) is 0. The quantitative estimate of drug-likeness (QED) is 0.156. The van der Waals surface area contributed by atoms with E-state index < -0.39 is 5.41 Å². The highest BCUT2D eigenvalue weighted by Gasteiger charge is 2.46. The normalized spacial score (nSPS) is 12.7. The Kier molecular flexibility index (Phi) is 8.11. The van der Waals surface area contributed by atoms with Gasteiger partial charge in [0.1, 0.15) is 0 Å². The maximum atomic E-state index is 2.51. The summed E-state index contributed by atoms with van der Waals surface area (Å²) in [5, 5.41) is 4.86. The van der Waals surface area contributed by atoms with E-state index in [2.05, 4.69) is 252 Å². The third kappa shape index (κ3) is 5.43. The first-order valence-electron chi connectivity index (χ1n) is 21.1. The summed E-state index contributed by atoms with van der Waals surface area (Å²) in [6, 6.07) is 89.3. The van der Waals surface area contributed by atoms with Crippen LogP contribution in [0.25, 0.3) is 60.5 Å². The lowest BCUT2D eigenvalue weighted by molar-refractivity contribution is 0.768. The molecule has 0 atom stereocenters. The van der Waals surface area contributed by atoms with Gasteiger partial charge in [0.2, 0.25) is 0 Å². The zero-order chi connectivity index (χ0) is 40.3. The predicted molar refractivity (Wildman–Crippen MR) is 256 cm³/mol. The van der Waals surface area contributed by atoms with Crippen molar-refractivity contribution in [3.8, 4) is 27.9 Å². The third-order valence-electron chi connectivity index (χ3n) is 12.8. The van der Waals surface area contributed by atoms with E-state index >= 15 is 0 Å². The van der Waals surface area contributed by atoms with Gasteiger partial charge in [-0.2, -0.15) is 0 Å². The van der Waals surface area contributed by atoms with Crippen LogP contribution >= 0.6 is 0 Å². The molecular weight excluding hydrogens is 737 g/mol. The average molecular weight is 777 g/mol. The molecule has 0 saturated heterocycles. The molecule has 1 heterocycles. The Balaban J connectivity index is 1.21. The fourth-order valence-electron chi connectivity index (χ4n) is 10.2. The second-order valence-electron chi connectivity index (χ2n) is 16.1. The van der Waals surface area contributed by atoms with Crippen LogP contribution in [0.4, 0.5) is 17.1 Å². The molecule has 1 aliphatic rings. The van der Waals surface area contributed by atoms with Crippen molar-refractivity contribution in [2.45, 2.75) is 5.41 Å². The smallest absolute Gasteiger partial charge is 0.0714 e. The van der Waals surface area contributed by atoms with Gasteiger partial charge in [-0.1, -0.05) is 188 Å². The van der Waals surface area contributed by atoms with Crippen LogP contribution in [0.15, 0.2) is 243 Å². The van der Waals surface area contributed by atoms with Gasteiger partial charge in [0.05, 0.1) is 22.1 Å². The number of nitrogens with zero attached hydrogens (tertiary/aromatic N) is 2. The van der Waals surface area contributed by atoms with Crippen LogP contribution in [0.5, 0.6) is 0 Å². The van der Waals surface area contributed by atoms with Crippen LogP contribution in [0.2, 0.25) is 0 Å². The van der Waals surface area contributed by atoms with Crippen molar-refractivity contribution in [2.24, 2.45) is 0 Å². The first-order chi connectivity index (χ1) is 30.3. The minimum Gasteiger partial charge on any atom is -0.310 e. The summed E-state index contributed by atoms with van der Waals surface area (Å²) in [5.41, 5.74) is 16.2. The van der Waals surface area contributed by atoms with Crippen molar-refractivity contribution < 1.29 is 0 Å². The van der Waals surface area contributed by atoms with Gasteiger partial charge in [0.15, 0.2) is 0 Å². The van der Waals surface area contributed by atoms with Gasteiger partial charge in [-0.15, -0.1) is 0 Å². The number of benzene rings is 10. The summed E-state index contributed by atoms with van der Waals surface area (Å²) >= 11 is 0. The van der Waals surface area contributed by atoms with Gasteiger partial charge in [0.25, 0.3) is 0 Å². The summed E-state index contributed by atoms with van der Waals surface area (Å²) in [4.78, 5) is 2.51. The third-order valence-corrected chi connectivity index (χ3v) is 12.8. The van der Waals surface area contributed by atoms with E-state index in [0.29, 0.717) is 0 Å². The topological polar surface area (TPSA) is 8.17 Å². The SMILES string of the molecule is c1ccc(-c2cc3c4ccccc4n(-c4ccccc4)c3cc2N(c2ccc3c(c2)C(c2ccccc2)(c2ccccc2)c2ccccc2-3)c2ccc3ccccc3c2)cc1. The van der Waals surface area contributed by atoms with Gasteiger partial charge in [-0.05, 0) is 104 Å². The molecule has 0 aliphatic heterocycles. The molecule has 2 nitrogen and oxygen atoms in total. The van der Waals surface area contributed by atoms with Crippen molar-refractivity contribution in [1.82, 2.24) is 4.57 Å². The number of hydrogen-bond acceptors (Lipinski definition) is 1. The van der Waals surface area contributed by atoms with Crippen molar-refractivity contribution in [3.63, 3.8) is 0 Å². The van der Waals surface area contributed by atoms with Crippen LogP contribution in [0.3, 0.4) is 0 Å². The molecule has 2 heteroatoms. The van der Waals surface area contributed by atoms with Gasteiger partial charge in [0, 0.05) is 33.4 Å². The molecule has 12 rings (SSSR count). The first kappa shape index (κ1) is 35.0.